The van der Waals surface area contributed by atoms with Gasteiger partial charge in [0.25, 0.3) is 0 Å². The number of imidazole rings is 1. The summed E-state index contributed by atoms with van der Waals surface area (Å²) in [4.78, 5) is 15.7. The third-order valence-electron chi connectivity index (χ3n) is 3.10. The van der Waals surface area contributed by atoms with Crippen molar-refractivity contribution in [1.29, 1.82) is 0 Å². The molecule has 2 aromatic heterocycles. The second-order valence-corrected chi connectivity index (χ2v) is 4.72. The van der Waals surface area contributed by atoms with Gasteiger partial charge in [0, 0.05) is 12.2 Å². The predicted octanol–water partition coefficient (Wildman–Crippen LogP) is 2.49. The summed E-state index contributed by atoms with van der Waals surface area (Å²) < 4.78 is 1.58. The van der Waals surface area contributed by atoms with Crippen LogP contribution in [0.25, 0.3) is 5.65 Å². The third kappa shape index (κ3) is 2.16. The van der Waals surface area contributed by atoms with Crippen molar-refractivity contribution in [1.82, 2.24) is 9.38 Å². The lowest BCUT2D eigenvalue weighted by molar-refractivity contribution is 0.0690. The molecule has 0 amide bonds. The number of aromatic carboxylic acids is 1. The molecule has 0 spiro atoms. The molecule has 0 aliphatic carbocycles. The second kappa shape index (κ2) is 4.68. The molecule has 2 heterocycles. The second-order valence-electron chi connectivity index (χ2n) is 4.72. The van der Waals surface area contributed by atoms with Gasteiger partial charge >= 0.3 is 5.97 Å². The molecule has 0 aromatic carbocycles. The van der Waals surface area contributed by atoms with Crippen LogP contribution in [0, 0.1) is 5.92 Å². The van der Waals surface area contributed by atoms with Crippen molar-refractivity contribution in [3.05, 3.63) is 30.1 Å². The van der Waals surface area contributed by atoms with Crippen molar-refractivity contribution in [2.45, 2.75) is 26.8 Å². The minimum Gasteiger partial charge on any atom is -0.476 e. The molecule has 2 rings (SSSR count). The number of hydrogen-bond donors (Lipinski definition) is 2. The van der Waals surface area contributed by atoms with E-state index in [9.17, 15) is 9.90 Å². The Bertz CT molecular complexity index is 575. The largest absolute Gasteiger partial charge is 0.476 e. The number of pyridine rings is 1. The fourth-order valence-corrected chi connectivity index (χ4v) is 1.68. The zero-order valence-corrected chi connectivity index (χ0v) is 10.7. The van der Waals surface area contributed by atoms with E-state index < -0.39 is 5.97 Å². The molecular formula is C13H17N3O2. The number of hydrogen-bond acceptors (Lipinski definition) is 3. The van der Waals surface area contributed by atoms with Crippen LogP contribution in [0.5, 0.6) is 0 Å². The highest BCUT2D eigenvalue weighted by atomic mass is 16.4. The molecule has 5 heteroatoms. The number of carboxylic acid groups (broad SMARTS) is 1. The van der Waals surface area contributed by atoms with Crippen molar-refractivity contribution in [3.8, 4) is 0 Å². The lowest BCUT2D eigenvalue weighted by Gasteiger charge is -2.17. The summed E-state index contributed by atoms with van der Waals surface area (Å²) in [5, 5.41) is 12.5. The maximum atomic E-state index is 11.3. The van der Waals surface area contributed by atoms with Crippen LogP contribution < -0.4 is 5.32 Å². The van der Waals surface area contributed by atoms with Gasteiger partial charge in [0.1, 0.15) is 5.65 Å². The Labute approximate surface area is 105 Å². The van der Waals surface area contributed by atoms with Crippen LogP contribution in [-0.4, -0.2) is 26.5 Å². The van der Waals surface area contributed by atoms with Gasteiger partial charge in [0.15, 0.2) is 11.5 Å². The molecule has 1 atom stereocenters. The minimum absolute atomic E-state index is 0.160. The Kier molecular flexibility index (Phi) is 3.23. The Balaban J connectivity index is 2.49. The van der Waals surface area contributed by atoms with Gasteiger partial charge in [-0.05, 0) is 25.0 Å². The van der Waals surface area contributed by atoms with Crippen LogP contribution in [0.2, 0.25) is 0 Å². The molecule has 18 heavy (non-hydrogen) atoms. The SMILES string of the molecule is CC(C)C(C)Nc1nc2ccccn2c1C(=O)O. The van der Waals surface area contributed by atoms with Gasteiger partial charge in [-0.3, -0.25) is 4.40 Å². The number of carboxylic acids is 1. The first-order valence-electron chi connectivity index (χ1n) is 5.97. The van der Waals surface area contributed by atoms with Crippen LogP contribution in [-0.2, 0) is 0 Å². The van der Waals surface area contributed by atoms with E-state index in [0.717, 1.165) is 0 Å². The topological polar surface area (TPSA) is 66.6 Å². The highest BCUT2D eigenvalue weighted by Gasteiger charge is 2.20. The Morgan fingerprint density at radius 3 is 2.72 bits per heavy atom. The van der Waals surface area contributed by atoms with E-state index in [1.807, 2.05) is 13.0 Å². The summed E-state index contributed by atoms with van der Waals surface area (Å²) in [6, 6.07) is 5.57. The van der Waals surface area contributed by atoms with Gasteiger partial charge in [-0.2, -0.15) is 0 Å². The van der Waals surface area contributed by atoms with E-state index in [4.69, 9.17) is 0 Å². The van der Waals surface area contributed by atoms with Gasteiger partial charge < -0.3 is 10.4 Å². The molecule has 5 nitrogen and oxygen atoms in total. The molecule has 0 fully saturated rings. The Hall–Kier alpha value is -2.04. The van der Waals surface area contributed by atoms with Crippen LogP contribution in [0.3, 0.4) is 0 Å². The first-order chi connectivity index (χ1) is 8.50. The quantitative estimate of drug-likeness (QED) is 0.871. The number of nitrogens with one attached hydrogen (secondary N) is 1. The standard InChI is InChI=1S/C13H17N3O2/c1-8(2)9(3)14-12-11(13(17)18)16-7-5-4-6-10(16)15-12/h4-9,14H,1-3H3,(H,17,18). The van der Waals surface area contributed by atoms with Crippen LogP contribution in [0.1, 0.15) is 31.3 Å². The smallest absolute Gasteiger partial charge is 0.356 e. The molecule has 0 aliphatic rings. The van der Waals surface area contributed by atoms with Gasteiger partial charge in [-0.15, -0.1) is 0 Å². The Morgan fingerprint density at radius 2 is 2.11 bits per heavy atom. The van der Waals surface area contributed by atoms with Gasteiger partial charge in [0.2, 0.25) is 0 Å². The molecule has 0 aliphatic heterocycles. The summed E-state index contributed by atoms with van der Waals surface area (Å²) in [6.07, 6.45) is 1.71. The molecule has 0 saturated carbocycles. The number of fused-ring (bicyclic) bond motifs is 1. The van der Waals surface area contributed by atoms with Crippen LogP contribution >= 0.6 is 0 Å². The van der Waals surface area contributed by atoms with Crippen LogP contribution in [0.15, 0.2) is 24.4 Å². The van der Waals surface area contributed by atoms with E-state index in [-0.39, 0.29) is 11.7 Å². The molecule has 2 aromatic rings. The zero-order valence-electron chi connectivity index (χ0n) is 10.7. The van der Waals surface area contributed by atoms with Crippen molar-refractivity contribution in [2.75, 3.05) is 5.32 Å². The van der Waals surface area contributed by atoms with E-state index in [2.05, 4.69) is 24.1 Å². The van der Waals surface area contributed by atoms with Gasteiger partial charge in [-0.1, -0.05) is 19.9 Å². The van der Waals surface area contributed by atoms with Crippen molar-refractivity contribution in [2.24, 2.45) is 5.92 Å². The van der Waals surface area contributed by atoms with E-state index in [1.165, 1.54) is 0 Å². The summed E-state index contributed by atoms with van der Waals surface area (Å²) in [5.41, 5.74) is 0.812. The number of aromatic nitrogens is 2. The number of rotatable bonds is 4. The summed E-state index contributed by atoms with van der Waals surface area (Å²) in [6.45, 7) is 6.17. The van der Waals surface area contributed by atoms with Crippen molar-refractivity contribution >= 4 is 17.4 Å². The highest BCUT2D eigenvalue weighted by Crippen LogP contribution is 2.19. The molecule has 0 radical (unpaired) electrons. The van der Waals surface area contributed by atoms with E-state index in [0.29, 0.717) is 17.4 Å². The molecule has 0 saturated heterocycles. The summed E-state index contributed by atoms with van der Waals surface area (Å²) in [7, 11) is 0. The minimum atomic E-state index is -0.979. The maximum Gasteiger partial charge on any atom is 0.356 e. The van der Waals surface area contributed by atoms with E-state index in [1.54, 1.807) is 22.7 Å². The Morgan fingerprint density at radius 1 is 1.39 bits per heavy atom. The van der Waals surface area contributed by atoms with Crippen molar-refractivity contribution < 1.29 is 9.90 Å². The monoisotopic (exact) mass is 247 g/mol. The normalized spacial score (nSPS) is 12.9. The average Bonchev–Trinajstić information content (AvgIpc) is 2.66. The maximum absolute atomic E-state index is 11.3. The molecule has 1 unspecified atom stereocenters. The first kappa shape index (κ1) is 12.4. The lowest BCUT2D eigenvalue weighted by Crippen LogP contribution is -2.23. The first-order valence-corrected chi connectivity index (χ1v) is 5.97. The predicted molar refractivity (Wildman–Crippen MR) is 70.1 cm³/mol. The summed E-state index contributed by atoms with van der Waals surface area (Å²) >= 11 is 0. The average molecular weight is 247 g/mol. The number of anilines is 1. The van der Waals surface area contributed by atoms with Gasteiger partial charge in [-0.25, -0.2) is 9.78 Å². The molecule has 0 bridgehead atoms. The third-order valence-corrected chi connectivity index (χ3v) is 3.10. The zero-order chi connectivity index (χ0) is 13.3. The van der Waals surface area contributed by atoms with E-state index >= 15 is 0 Å². The fourth-order valence-electron chi connectivity index (χ4n) is 1.68. The summed E-state index contributed by atoms with van der Waals surface area (Å²) in [5.74, 6) is -0.154. The lowest BCUT2D eigenvalue weighted by atomic mass is 10.1. The highest BCUT2D eigenvalue weighted by molar-refractivity contribution is 5.93. The molecule has 96 valence electrons. The van der Waals surface area contributed by atoms with Gasteiger partial charge in [0.05, 0.1) is 0 Å². The van der Waals surface area contributed by atoms with Crippen LogP contribution in [0.4, 0.5) is 5.82 Å². The number of carbonyl (C=O) groups is 1. The van der Waals surface area contributed by atoms with Crippen molar-refractivity contribution in [3.63, 3.8) is 0 Å². The molecule has 2 N–H and O–H groups in total. The molecular weight excluding hydrogens is 230 g/mol. The fraction of sp³-hybridized carbons (Fsp3) is 0.385. The number of nitrogens with zero attached hydrogens (tertiary/aromatic N) is 2.